The van der Waals surface area contributed by atoms with Gasteiger partial charge in [-0.3, -0.25) is 4.79 Å². The molecule has 0 spiro atoms. The summed E-state index contributed by atoms with van der Waals surface area (Å²) < 4.78 is 27.6. The summed E-state index contributed by atoms with van der Waals surface area (Å²) in [4.78, 5) is 17.5. The fraction of sp³-hybridized carbons (Fsp3) is 0.400. The van der Waals surface area contributed by atoms with Crippen LogP contribution < -0.4 is 4.90 Å². The van der Waals surface area contributed by atoms with E-state index in [1.165, 1.54) is 55.8 Å². The molecule has 2 aliphatic heterocycles. The summed E-state index contributed by atoms with van der Waals surface area (Å²) in [6.45, 7) is 10.3. The maximum absolute atomic E-state index is 14.4. The maximum atomic E-state index is 14.4. The van der Waals surface area contributed by atoms with Crippen LogP contribution in [0.25, 0.3) is 0 Å². The predicted octanol–water partition coefficient (Wildman–Crippen LogP) is 4.60. The summed E-state index contributed by atoms with van der Waals surface area (Å²) in [5, 5.41) is 8.05. The van der Waals surface area contributed by atoms with Crippen molar-refractivity contribution < 1.29 is 13.6 Å². The minimum atomic E-state index is -0.509. The van der Waals surface area contributed by atoms with Gasteiger partial charge in [-0.25, -0.2) is 8.78 Å². The van der Waals surface area contributed by atoms with Crippen molar-refractivity contribution in [2.75, 3.05) is 44.7 Å². The lowest BCUT2D eigenvalue weighted by molar-refractivity contribution is -0.107. The van der Waals surface area contributed by atoms with Crippen molar-refractivity contribution in [3.63, 3.8) is 0 Å². The molecule has 0 bridgehead atoms. The molecule has 2 heterocycles. The van der Waals surface area contributed by atoms with Gasteiger partial charge in [0.1, 0.15) is 11.6 Å². The predicted molar refractivity (Wildman–Crippen MR) is 134 cm³/mol. The van der Waals surface area contributed by atoms with Crippen LogP contribution in [0.5, 0.6) is 0 Å². The summed E-state index contributed by atoms with van der Waals surface area (Å²) in [7, 11) is 2.19. The minimum Gasteiger partial charge on any atom is -0.309 e. The number of hydrogen-bond donors (Lipinski definition) is 0. The van der Waals surface area contributed by atoms with Crippen LogP contribution in [0.15, 0.2) is 46.6 Å². The Balaban J connectivity index is 0.000000302. The van der Waals surface area contributed by atoms with Crippen molar-refractivity contribution in [2.45, 2.75) is 26.8 Å². The van der Waals surface area contributed by atoms with E-state index in [4.69, 9.17) is 11.6 Å². The molecule has 0 saturated carbocycles. The second kappa shape index (κ2) is 12.1. The van der Waals surface area contributed by atoms with Crippen LogP contribution >= 0.6 is 11.6 Å². The smallest absolute Gasteiger partial charge is 0.214 e. The van der Waals surface area contributed by atoms with Crippen LogP contribution in [0.2, 0.25) is 5.02 Å². The van der Waals surface area contributed by atoms with Gasteiger partial charge in [0.25, 0.3) is 0 Å². The molecule has 0 atom stereocenters. The van der Waals surface area contributed by atoms with Gasteiger partial charge in [0.05, 0.1) is 23.0 Å². The van der Waals surface area contributed by atoms with E-state index in [0.29, 0.717) is 35.4 Å². The Bertz CT molecular complexity index is 1070. The zero-order valence-corrected chi connectivity index (χ0v) is 20.5. The zero-order chi connectivity index (χ0) is 24.7. The molecule has 182 valence electrons. The summed E-state index contributed by atoms with van der Waals surface area (Å²) in [6, 6.07) is 8.38. The Morgan fingerprint density at radius 3 is 2.38 bits per heavy atom. The molecule has 2 aliphatic rings. The van der Waals surface area contributed by atoms with Crippen LogP contribution in [-0.2, 0) is 11.3 Å². The largest absolute Gasteiger partial charge is 0.309 e. The average Bonchev–Trinajstić information content (AvgIpc) is 3.26. The van der Waals surface area contributed by atoms with Crippen LogP contribution in [0.3, 0.4) is 0 Å². The number of likely N-dealkylation sites (N-methyl/N-ethyl adjacent to an activating group) is 2. The Labute approximate surface area is 204 Å². The fourth-order valence-electron chi connectivity index (χ4n) is 3.71. The van der Waals surface area contributed by atoms with Crippen LogP contribution in [-0.4, -0.2) is 67.4 Å². The van der Waals surface area contributed by atoms with Gasteiger partial charge in [-0.05, 0) is 44.8 Å². The average molecular weight is 490 g/mol. The highest BCUT2D eigenvalue weighted by Crippen LogP contribution is 2.27. The molecule has 2 aromatic carbocycles. The third kappa shape index (κ3) is 6.91. The monoisotopic (exact) mass is 489 g/mol. The lowest BCUT2D eigenvalue weighted by Gasteiger charge is -2.31. The van der Waals surface area contributed by atoms with E-state index in [0.717, 1.165) is 11.8 Å². The third-order valence-electron chi connectivity index (χ3n) is 5.88. The van der Waals surface area contributed by atoms with E-state index >= 15 is 0 Å². The number of halogens is 3. The number of hydrogen-bond acceptors (Lipinski definition) is 5. The second-order valence-corrected chi connectivity index (χ2v) is 8.84. The number of amides is 1. The van der Waals surface area contributed by atoms with Gasteiger partial charge in [-0.2, -0.15) is 10.2 Å². The number of benzene rings is 2. The molecule has 0 N–H and O–H groups in total. The van der Waals surface area contributed by atoms with Crippen molar-refractivity contribution in [1.82, 2.24) is 9.80 Å². The van der Waals surface area contributed by atoms with Crippen LogP contribution in [0, 0.1) is 11.6 Å². The van der Waals surface area contributed by atoms with E-state index in [1.54, 1.807) is 12.1 Å². The maximum Gasteiger partial charge on any atom is 0.214 e. The van der Waals surface area contributed by atoms with Gasteiger partial charge in [0.2, 0.25) is 6.41 Å². The summed E-state index contributed by atoms with van der Waals surface area (Å²) in [6.07, 6.45) is 1.12. The lowest BCUT2D eigenvalue weighted by atomic mass is 10.0. The van der Waals surface area contributed by atoms with E-state index in [9.17, 15) is 13.6 Å². The van der Waals surface area contributed by atoms with Crippen LogP contribution in [0.1, 0.15) is 31.4 Å². The van der Waals surface area contributed by atoms with E-state index in [-0.39, 0.29) is 11.6 Å². The van der Waals surface area contributed by atoms with Gasteiger partial charge >= 0.3 is 0 Å². The third-order valence-corrected chi connectivity index (χ3v) is 6.18. The molecule has 1 fully saturated rings. The standard InChI is InChI=1S/C18H14ClF2N3O.C7H16N2/c1-11-6-17(23-22-11)12-2-3-13(16(21)7-12)9-24(10-25)18-5-4-14(20)8-15(18)19;1-3-9-6-4-8(2)5-7-9/h2-5,7-8,10H,6,9H2,1H3;3-7H2,1-2H3. The molecule has 6 nitrogen and oxygen atoms in total. The topological polar surface area (TPSA) is 51.5 Å². The van der Waals surface area contributed by atoms with Crippen molar-refractivity contribution in [3.8, 4) is 0 Å². The first-order valence-corrected chi connectivity index (χ1v) is 11.6. The highest BCUT2D eigenvalue weighted by molar-refractivity contribution is 6.33. The fourth-order valence-corrected chi connectivity index (χ4v) is 3.99. The summed E-state index contributed by atoms with van der Waals surface area (Å²) in [5.74, 6) is -0.972. The molecule has 4 rings (SSSR count). The van der Waals surface area contributed by atoms with Gasteiger partial charge in [-0.1, -0.05) is 30.7 Å². The zero-order valence-electron chi connectivity index (χ0n) is 19.8. The van der Waals surface area contributed by atoms with Crippen molar-refractivity contribution in [2.24, 2.45) is 10.2 Å². The molecule has 0 aromatic heterocycles. The van der Waals surface area contributed by atoms with Gasteiger partial charge in [0, 0.05) is 49.4 Å². The van der Waals surface area contributed by atoms with Crippen LogP contribution in [0.4, 0.5) is 14.5 Å². The molecular formula is C25H30ClF2N5O. The van der Waals surface area contributed by atoms with Gasteiger partial charge in [0.15, 0.2) is 0 Å². The number of rotatable bonds is 6. The number of anilines is 1. The van der Waals surface area contributed by atoms with E-state index < -0.39 is 11.6 Å². The second-order valence-electron chi connectivity index (χ2n) is 8.43. The van der Waals surface area contributed by atoms with E-state index in [1.807, 2.05) is 6.92 Å². The number of piperazine rings is 1. The molecule has 1 saturated heterocycles. The van der Waals surface area contributed by atoms with Crippen molar-refractivity contribution in [3.05, 3.63) is 64.2 Å². The Morgan fingerprint density at radius 2 is 1.82 bits per heavy atom. The molecule has 0 unspecified atom stereocenters. The molecule has 9 heteroatoms. The van der Waals surface area contributed by atoms with Crippen molar-refractivity contribution in [1.29, 1.82) is 0 Å². The van der Waals surface area contributed by atoms with Gasteiger partial charge < -0.3 is 14.7 Å². The first kappa shape index (κ1) is 25.9. The summed E-state index contributed by atoms with van der Waals surface area (Å²) in [5.41, 5.74) is 2.85. The number of carbonyl (C=O) groups is 1. The molecule has 0 aliphatic carbocycles. The molecule has 2 aromatic rings. The number of nitrogens with zero attached hydrogens (tertiary/aromatic N) is 5. The highest BCUT2D eigenvalue weighted by atomic mass is 35.5. The Kier molecular flexibility index (Phi) is 9.27. The van der Waals surface area contributed by atoms with E-state index in [2.05, 4.69) is 34.0 Å². The lowest BCUT2D eigenvalue weighted by Crippen LogP contribution is -2.44. The normalized spacial score (nSPS) is 16.4. The first-order valence-electron chi connectivity index (χ1n) is 11.3. The summed E-state index contributed by atoms with van der Waals surface area (Å²) >= 11 is 5.97. The molecular weight excluding hydrogens is 460 g/mol. The first-order chi connectivity index (χ1) is 16.3. The number of carbonyl (C=O) groups excluding carboxylic acids is 1. The Hall–Kier alpha value is -2.68. The van der Waals surface area contributed by atoms with Crippen molar-refractivity contribution >= 4 is 35.1 Å². The Morgan fingerprint density at radius 1 is 1.09 bits per heavy atom. The quantitative estimate of drug-likeness (QED) is 0.557. The molecule has 34 heavy (non-hydrogen) atoms. The highest BCUT2D eigenvalue weighted by Gasteiger charge is 2.16. The SMILES string of the molecule is CC1=NN=C(c2ccc(CN(C=O)c3ccc(F)cc3Cl)c(F)c2)C1.CCN1CCN(C)CC1. The van der Waals surface area contributed by atoms with Gasteiger partial charge in [-0.15, -0.1) is 0 Å². The molecule has 1 amide bonds. The molecule has 0 radical (unpaired) electrons. The minimum absolute atomic E-state index is 0.0248.